The smallest absolute Gasteiger partial charge is 0.308 e. The van der Waals surface area contributed by atoms with Gasteiger partial charge in [-0.1, -0.05) is 65.5 Å². The van der Waals surface area contributed by atoms with Crippen LogP contribution in [0.15, 0.2) is 11.6 Å². The largest absolute Gasteiger partial charge is 0.462 e. The number of allylic oxidation sites excluding steroid dienone is 1. The summed E-state index contributed by atoms with van der Waals surface area (Å²) in [5.41, 5.74) is 7.58. The highest BCUT2D eigenvalue weighted by molar-refractivity contribution is 8.00. The summed E-state index contributed by atoms with van der Waals surface area (Å²) in [6.07, 6.45) is 16.8. The summed E-state index contributed by atoms with van der Waals surface area (Å²) in [6, 6.07) is -0.453. The highest BCUT2D eigenvalue weighted by Gasteiger charge is 2.59. The van der Waals surface area contributed by atoms with Crippen molar-refractivity contribution in [1.29, 1.82) is 0 Å². The van der Waals surface area contributed by atoms with E-state index in [2.05, 4.69) is 51.3 Å². The third-order valence-electron chi connectivity index (χ3n) is 16.9. The van der Waals surface area contributed by atoms with Crippen LogP contribution in [-0.2, 0) is 76.0 Å². The molecule has 20 heteroatoms. The number of likely N-dealkylation sites (N-methyl/N-ethyl adjacent to an activating group) is 1. The Bertz CT molecular complexity index is 1670. The quantitative estimate of drug-likeness (QED) is 0.0338. The Balaban J connectivity index is 0.806. The number of nitrogens with two attached hydrogens (primary N) is 1. The van der Waals surface area contributed by atoms with Crippen LogP contribution in [0.2, 0.25) is 0 Å². The van der Waals surface area contributed by atoms with Crippen molar-refractivity contribution in [3.8, 4) is 0 Å². The minimum Gasteiger partial charge on any atom is -0.462 e. The van der Waals surface area contributed by atoms with Gasteiger partial charge in [-0.15, -0.1) is 11.8 Å². The summed E-state index contributed by atoms with van der Waals surface area (Å²) in [7, 11) is 1.66. The van der Waals surface area contributed by atoms with E-state index in [1.807, 2.05) is 0 Å². The topological polar surface area (TPSA) is 221 Å². The van der Waals surface area contributed by atoms with Gasteiger partial charge in [-0.2, -0.15) is 0 Å². The normalized spacial score (nSPS) is 24.2. The van der Waals surface area contributed by atoms with Crippen LogP contribution in [0.3, 0.4) is 0 Å². The number of amides is 2. The molecule has 3 saturated carbocycles. The first-order chi connectivity index (χ1) is 38.9. The van der Waals surface area contributed by atoms with Crippen molar-refractivity contribution in [2.75, 3.05) is 184 Å². The fourth-order valence-corrected chi connectivity index (χ4v) is 13.5. The second kappa shape index (κ2) is 42.7. The number of rotatable bonds is 51. The Hall–Kier alpha value is -2.02. The Labute approximate surface area is 485 Å². The van der Waals surface area contributed by atoms with Gasteiger partial charge in [0.1, 0.15) is 6.10 Å². The molecule has 0 bridgehead atoms. The molecule has 2 amide bonds. The van der Waals surface area contributed by atoms with Crippen LogP contribution in [0.1, 0.15) is 112 Å². The number of carbonyl (C=O) groups is 3. The zero-order valence-corrected chi connectivity index (χ0v) is 51.1. The lowest BCUT2D eigenvalue weighted by atomic mass is 9.47. The van der Waals surface area contributed by atoms with Crippen molar-refractivity contribution < 1.29 is 76.0 Å². The molecule has 4 rings (SSSR count). The van der Waals surface area contributed by atoms with Gasteiger partial charge in [0.15, 0.2) is 0 Å². The van der Waals surface area contributed by atoms with Gasteiger partial charge in [0, 0.05) is 18.7 Å². The molecule has 0 saturated heterocycles. The molecule has 4 aliphatic carbocycles. The highest BCUT2D eigenvalue weighted by Crippen LogP contribution is 2.67. The van der Waals surface area contributed by atoms with E-state index in [9.17, 15) is 14.4 Å². The molecule has 0 aromatic rings. The molecule has 4 aliphatic rings. The Morgan fingerprint density at radius 3 is 1.55 bits per heavy atom. The van der Waals surface area contributed by atoms with Gasteiger partial charge in [0.2, 0.25) is 11.8 Å². The molecule has 9 atom stereocenters. The minimum absolute atomic E-state index is 0.0215. The summed E-state index contributed by atoms with van der Waals surface area (Å²) in [5.74, 6) is 4.93. The molecule has 0 aromatic carbocycles. The number of ether oxygens (including phenoxy) is 13. The zero-order valence-electron chi connectivity index (χ0n) is 50.3. The lowest BCUT2D eigenvalue weighted by molar-refractivity contribution is -0.153. The van der Waals surface area contributed by atoms with Crippen LogP contribution < -0.4 is 16.4 Å². The summed E-state index contributed by atoms with van der Waals surface area (Å²) in [5, 5.41) is 5.58. The van der Waals surface area contributed by atoms with Gasteiger partial charge in [0.25, 0.3) is 0 Å². The second-order valence-corrected chi connectivity index (χ2v) is 23.9. The van der Waals surface area contributed by atoms with Crippen molar-refractivity contribution in [3.63, 3.8) is 0 Å². The molecule has 3 fully saturated rings. The SMILES string of the molecule is CNC(CSCC(=O)NCCOCCOCCOCCOCCOCCOCCOCCOCCOCCOCCOCCOCCC(=O)OC1CC[C@@]2(C)C(=CCC3C2CC[C@@]2(C)C3CC[C@@H]2[C@H](C)CCCC(C)C)C1)C(N)=O. The maximum Gasteiger partial charge on any atom is 0.308 e. The fourth-order valence-electron chi connectivity index (χ4n) is 12.6. The van der Waals surface area contributed by atoms with E-state index in [1.54, 1.807) is 12.6 Å². The maximum absolute atomic E-state index is 12.8. The molecule has 0 radical (unpaired) electrons. The lowest BCUT2D eigenvalue weighted by Gasteiger charge is -2.58. The predicted octanol–water partition coefficient (Wildman–Crippen LogP) is 6.45. The van der Waals surface area contributed by atoms with E-state index >= 15 is 0 Å². The molecule has 0 spiro atoms. The van der Waals surface area contributed by atoms with E-state index in [0.29, 0.717) is 176 Å². The molecule has 5 unspecified atom stereocenters. The monoisotopic (exact) mass is 1160 g/mol. The molecule has 0 heterocycles. The van der Waals surface area contributed by atoms with Crippen LogP contribution in [0.5, 0.6) is 0 Å². The van der Waals surface area contributed by atoms with Crippen LogP contribution in [0.4, 0.5) is 0 Å². The standard InChI is InChI=1S/C60H109N3O16S/c1-47(2)8-7-9-48(3)52-12-13-53-51-11-10-49-44-50(14-17-59(49,4)54(51)15-18-60(52,53)5)79-57(65)16-20-67-22-24-69-26-28-71-30-32-73-34-36-75-38-40-77-42-43-78-41-39-76-37-35-74-33-31-72-29-27-70-25-23-68-21-19-63-56(64)46-80-45-55(62-6)58(61)66/h10,47-48,50-55,62H,7-9,11-46H2,1-6H3,(H2,61,66)(H,63,64)/t48-,50?,51?,52-,53?,54?,55?,59+,60-/m1/s1. The van der Waals surface area contributed by atoms with E-state index in [0.717, 1.165) is 54.8 Å². The molecule has 4 N–H and O–H groups in total. The van der Waals surface area contributed by atoms with Gasteiger partial charge in [-0.05, 0) is 98.3 Å². The van der Waals surface area contributed by atoms with Crippen molar-refractivity contribution in [2.45, 2.75) is 124 Å². The van der Waals surface area contributed by atoms with E-state index in [-0.39, 0.29) is 35.6 Å². The van der Waals surface area contributed by atoms with Gasteiger partial charge < -0.3 is 77.9 Å². The minimum atomic E-state index is -0.453. The number of esters is 1. The second-order valence-electron chi connectivity index (χ2n) is 22.9. The van der Waals surface area contributed by atoms with Crippen LogP contribution in [0, 0.1) is 46.3 Å². The fraction of sp³-hybridized carbons (Fsp3) is 0.917. The van der Waals surface area contributed by atoms with Crippen LogP contribution >= 0.6 is 11.8 Å². The van der Waals surface area contributed by atoms with Gasteiger partial charge >= 0.3 is 5.97 Å². The molecule has 0 aliphatic heterocycles. The first kappa shape index (κ1) is 70.5. The molecule has 0 aromatic heterocycles. The summed E-state index contributed by atoms with van der Waals surface area (Å²) in [6.45, 7) is 23.8. The first-order valence-electron chi connectivity index (χ1n) is 30.5. The lowest BCUT2D eigenvalue weighted by Crippen LogP contribution is -2.51. The number of hydrogen-bond acceptors (Lipinski definition) is 18. The van der Waals surface area contributed by atoms with Crippen molar-refractivity contribution in [1.82, 2.24) is 10.6 Å². The zero-order chi connectivity index (χ0) is 57.5. The molecule has 466 valence electrons. The third-order valence-corrected chi connectivity index (χ3v) is 17.9. The molecular formula is C60H109N3O16S. The van der Waals surface area contributed by atoms with E-state index in [1.165, 1.54) is 63.1 Å². The van der Waals surface area contributed by atoms with Crippen molar-refractivity contribution in [3.05, 3.63) is 11.6 Å². The molecular weight excluding hydrogens is 1050 g/mol. The first-order valence-corrected chi connectivity index (χ1v) is 31.7. The Morgan fingerprint density at radius 1 is 0.613 bits per heavy atom. The summed E-state index contributed by atoms with van der Waals surface area (Å²) < 4.78 is 72.6. The Morgan fingerprint density at radius 2 is 1.09 bits per heavy atom. The molecule has 19 nitrogen and oxygen atoms in total. The van der Waals surface area contributed by atoms with Crippen LogP contribution in [-0.4, -0.2) is 214 Å². The number of hydrogen-bond donors (Lipinski definition) is 3. The number of primary amides is 1. The third kappa shape index (κ3) is 27.8. The summed E-state index contributed by atoms with van der Waals surface area (Å²) >= 11 is 1.34. The van der Waals surface area contributed by atoms with Gasteiger partial charge in [-0.25, -0.2) is 0 Å². The Kier molecular flexibility index (Phi) is 37.6. The van der Waals surface area contributed by atoms with Crippen LogP contribution in [0.25, 0.3) is 0 Å². The summed E-state index contributed by atoms with van der Waals surface area (Å²) in [4.78, 5) is 35.8. The highest BCUT2D eigenvalue weighted by atomic mass is 32.2. The number of fused-ring (bicyclic) bond motifs is 5. The van der Waals surface area contributed by atoms with Crippen molar-refractivity contribution in [2.24, 2.45) is 52.1 Å². The molecule has 80 heavy (non-hydrogen) atoms. The maximum atomic E-state index is 12.8. The number of nitrogens with one attached hydrogen (secondary N) is 2. The predicted molar refractivity (Wildman–Crippen MR) is 310 cm³/mol. The van der Waals surface area contributed by atoms with E-state index < -0.39 is 11.9 Å². The van der Waals surface area contributed by atoms with E-state index in [4.69, 9.17) is 67.3 Å². The average Bonchev–Trinajstić information content (AvgIpc) is 3.96. The number of thioether (sulfide) groups is 1. The van der Waals surface area contributed by atoms with Gasteiger partial charge in [-0.3, -0.25) is 14.4 Å². The number of carbonyl (C=O) groups excluding carboxylic acids is 3. The average molecular weight is 1160 g/mol. The van der Waals surface area contributed by atoms with Crippen molar-refractivity contribution >= 4 is 29.5 Å². The van der Waals surface area contributed by atoms with Gasteiger partial charge in [0.05, 0.1) is 177 Å².